The van der Waals surface area contributed by atoms with E-state index in [1.54, 1.807) is 6.92 Å². The zero-order valence-electron chi connectivity index (χ0n) is 14.6. The van der Waals surface area contributed by atoms with Crippen LogP contribution in [0, 0.1) is 5.92 Å². The van der Waals surface area contributed by atoms with E-state index in [1.165, 1.54) is 19.3 Å². The minimum Gasteiger partial charge on any atom is -0.479 e. The Morgan fingerprint density at radius 1 is 1.42 bits per heavy atom. The van der Waals surface area contributed by atoms with Crippen molar-refractivity contribution < 1.29 is 9.53 Å². The van der Waals surface area contributed by atoms with Gasteiger partial charge in [-0.05, 0) is 49.7 Å². The van der Waals surface area contributed by atoms with E-state index in [-0.39, 0.29) is 5.91 Å². The maximum Gasteiger partial charge on any atom is 0.265 e. The topological polar surface area (TPSA) is 62.4 Å². The molecule has 2 atom stereocenters. The second-order valence-corrected chi connectivity index (χ2v) is 6.62. The number of hydrogen-bond acceptors (Lipinski definition) is 3. The summed E-state index contributed by atoms with van der Waals surface area (Å²) in [7, 11) is 0. The molecule has 1 aromatic rings. The molecule has 24 heavy (non-hydrogen) atoms. The molecule has 1 aromatic carbocycles. The smallest absolute Gasteiger partial charge is 0.265 e. The van der Waals surface area contributed by atoms with Crippen LogP contribution >= 0.6 is 12.2 Å². The number of ether oxygens (including phenoxy) is 1. The number of carbonyl (C=O) groups excluding carboxylic acids is 1. The van der Waals surface area contributed by atoms with Gasteiger partial charge < -0.3 is 20.7 Å². The van der Waals surface area contributed by atoms with Gasteiger partial charge in [0.15, 0.2) is 11.2 Å². The molecule has 0 aromatic heterocycles. The summed E-state index contributed by atoms with van der Waals surface area (Å²) in [5, 5.41) is 9.89. The van der Waals surface area contributed by atoms with Crippen molar-refractivity contribution in [3.63, 3.8) is 0 Å². The van der Waals surface area contributed by atoms with Crippen LogP contribution in [0.4, 0.5) is 11.4 Å². The summed E-state index contributed by atoms with van der Waals surface area (Å²) in [4.78, 5) is 11.7. The van der Waals surface area contributed by atoms with Crippen LogP contribution < -0.4 is 20.7 Å². The number of fused-ring (bicyclic) bond motifs is 1. The average molecular weight is 350 g/mol. The molecular weight excluding hydrogens is 322 g/mol. The molecule has 132 valence electrons. The maximum absolute atomic E-state index is 11.7. The van der Waals surface area contributed by atoms with Crippen LogP contribution in [0.3, 0.4) is 0 Å². The third kappa shape index (κ3) is 5.09. The van der Waals surface area contributed by atoms with Crippen molar-refractivity contribution in [3.05, 3.63) is 18.2 Å². The lowest BCUT2D eigenvalue weighted by molar-refractivity contribution is -0.122. The monoisotopic (exact) mass is 349 g/mol. The highest BCUT2D eigenvalue weighted by Gasteiger charge is 2.23. The van der Waals surface area contributed by atoms with Gasteiger partial charge in [-0.3, -0.25) is 4.79 Å². The number of rotatable bonds is 7. The SMILES string of the molecule is CCCC[C@H](CC)CNC(=S)Nc1ccc2c(c1)NC(=O)[C@H](C)O2. The van der Waals surface area contributed by atoms with Gasteiger partial charge in [-0.25, -0.2) is 0 Å². The predicted octanol–water partition coefficient (Wildman–Crippen LogP) is 3.91. The summed E-state index contributed by atoms with van der Waals surface area (Å²) < 4.78 is 5.55. The van der Waals surface area contributed by atoms with Gasteiger partial charge in [-0.15, -0.1) is 0 Å². The van der Waals surface area contributed by atoms with Gasteiger partial charge in [0.2, 0.25) is 0 Å². The van der Waals surface area contributed by atoms with Crippen LogP contribution in [0.2, 0.25) is 0 Å². The lowest BCUT2D eigenvalue weighted by Gasteiger charge is -2.24. The van der Waals surface area contributed by atoms with E-state index in [0.29, 0.717) is 22.5 Å². The van der Waals surface area contributed by atoms with Crippen LogP contribution in [0.1, 0.15) is 46.5 Å². The Morgan fingerprint density at radius 2 is 2.21 bits per heavy atom. The fourth-order valence-electron chi connectivity index (χ4n) is 2.64. The van der Waals surface area contributed by atoms with Crippen molar-refractivity contribution >= 4 is 34.6 Å². The molecule has 5 nitrogen and oxygen atoms in total. The summed E-state index contributed by atoms with van der Waals surface area (Å²) in [5.41, 5.74) is 1.49. The first kappa shape index (κ1) is 18.5. The largest absolute Gasteiger partial charge is 0.479 e. The van der Waals surface area contributed by atoms with Crippen molar-refractivity contribution in [2.75, 3.05) is 17.2 Å². The Balaban J connectivity index is 1.88. The molecule has 0 fully saturated rings. The molecule has 0 spiro atoms. The van der Waals surface area contributed by atoms with Crippen LogP contribution in [0.25, 0.3) is 0 Å². The molecule has 0 saturated carbocycles. The van der Waals surface area contributed by atoms with Gasteiger partial charge in [0.05, 0.1) is 5.69 Å². The minimum absolute atomic E-state index is 0.137. The fraction of sp³-hybridized carbons (Fsp3) is 0.556. The van der Waals surface area contributed by atoms with Crippen LogP contribution in [-0.4, -0.2) is 23.7 Å². The van der Waals surface area contributed by atoms with E-state index < -0.39 is 6.10 Å². The summed E-state index contributed by atoms with van der Waals surface area (Å²) in [6.07, 6.45) is 4.39. The number of hydrogen-bond donors (Lipinski definition) is 3. The van der Waals surface area contributed by atoms with Gasteiger partial charge in [0.1, 0.15) is 5.75 Å². The quantitative estimate of drug-likeness (QED) is 0.652. The second kappa shape index (κ2) is 8.87. The van der Waals surface area contributed by atoms with E-state index >= 15 is 0 Å². The van der Waals surface area contributed by atoms with E-state index in [9.17, 15) is 4.79 Å². The number of amides is 1. The van der Waals surface area contributed by atoms with Crippen molar-refractivity contribution in [3.8, 4) is 5.75 Å². The third-order valence-electron chi connectivity index (χ3n) is 4.26. The standard InChI is InChI=1S/C18H27N3O2S/c1-4-6-7-13(5-2)11-19-18(24)20-14-8-9-16-15(10-14)21-17(22)12(3)23-16/h8-10,12-13H,4-7,11H2,1-3H3,(H,21,22)(H2,19,20,24)/t12-,13-/m0/s1. The highest BCUT2D eigenvalue weighted by atomic mass is 32.1. The molecule has 1 heterocycles. The highest BCUT2D eigenvalue weighted by Crippen LogP contribution is 2.32. The predicted molar refractivity (Wildman–Crippen MR) is 103 cm³/mol. The average Bonchev–Trinajstić information content (AvgIpc) is 2.56. The van der Waals surface area contributed by atoms with E-state index in [0.717, 1.165) is 18.7 Å². The molecule has 6 heteroatoms. The maximum atomic E-state index is 11.7. The third-order valence-corrected chi connectivity index (χ3v) is 4.51. The Morgan fingerprint density at radius 3 is 2.92 bits per heavy atom. The Labute approximate surface area is 149 Å². The molecule has 0 saturated heterocycles. The molecule has 1 aliphatic rings. The first-order valence-corrected chi connectivity index (χ1v) is 9.10. The van der Waals surface area contributed by atoms with Gasteiger partial charge >= 0.3 is 0 Å². The van der Waals surface area contributed by atoms with Crippen LogP contribution in [-0.2, 0) is 4.79 Å². The highest BCUT2D eigenvalue weighted by molar-refractivity contribution is 7.80. The van der Waals surface area contributed by atoms with Crippen LogP contribution in [0.15, 0.2) is 18.2 Å². The molecule has 0 unspecified atom stereocenters. The number of carbonyl (C=O) groups is 1. The van der Waals surface area contributed by atoms with Crippen molar-refractivity contribution in [2.45, 2.75) is 52.6 Å². The zero-order valence-corrected chi connectivity index (χ0v) is 15.5. The number of anilines is 2. The Hall–Kier alpha value is -1.82. The Kier molecular flexibility index (Phi) is 6.85. The molecule has 0 bridgehead atoms. The first-order chi connectivity index (χ1) is 11.5. The summed E-state index contributed by atoms with van der Waals surface area (Å²) in [6, 6.07) is 5.57. The van der Waals surface area contributed by atoms with Gasteiger partial charge in [0.25, 0.3) is 5.91 Å². The summed E-state index contributed by atoms with van der Waals surface area (Å²) in [5.74, 6) is 1.18. The zero-order chi connectivity index (χ0) is 17.5. The number of unbranched alkanes of at least 4 members (excludes halogenated alkanes) is 1. The van der Waals surface area contributed by atoms with E-state index in [2.05, 4.69) is 29.8 Å². The van der Waals surface area contributed by atoms with Gasteiger partial charge in [-0.2, -0.15) is 0 Å². The lowest BCUT2D eigenvalue weighted by atomic mass is 9.99. The summed E-state index contributed by atoms with van der Waals surface area (Å²) >= 11 is 5.37. The van der Waals surface area contributed by atoms with E-state index in [4.69, 9.17) is 17.0 Å². The molecule has 1 amide bonds. The molecule has 0 radical (unpaired) electrons. The molecule has 2 rings (SSSR count). The Bertz CT molecular complexity index is 592. The van der Waals surface area contributed by atoms with Crippen molar-refractivity contribution in [1.29, 1.82) is 0 Å². The first-order valence-electron chi connectivity index (χ1n) is 8.69. The fourth-order valence-corrected chi connectivity index (χ4v) is 2.84. The second-order valence-electron chi connectivity index (χ2n) is 6.21. The molecule has 0 aliphatic carbocycles. The summed E-state index contributed by atoms with van der Waals surface area (Å²) in [6.45, 7) is 7.04. The minimum atomic E-state index is -0.465. The number of benzene rings is 1. The lowest BCUT2D eigenvalue weighted by Crippen LogP contribution is -2.35. The molecular formula is C18H27N3O2S. The molecule has 1 aliphatic heterocycles. The van der Waals surface area contributed by atoms with Crippen molar-refractivity contribution in [1.82, 2.24) is 5.32 Å². The molecule has 3 N–H and O–H groups in total. The van der Waals surface area contributed by atoms with E-state index in [1.807, 2.05) is 18.2 Å². The number of nitrogens with one attached hydrogen (secondary N) is 3. The van der Waals surface area contributed by atoms with Gasteiger partial charge in [-0.1, -0.05) is 33.1 Å². The normalized spacial score (nSPS) is 17.3. The van der Waals surface area contributed by atoms with Crippen molar-refractivity contribution in [2.24, 2.45) is 5.92 Å². The van der Waals surface area contributed by atoms with Gasteiger partial charge in [0, 0.05) is 12.2 Å². The van der Waals surface area contributed by atoms with Crippen LogP contribution in [0.5, 0.6) is 5.75 Å². The number of thiocarbonyl (C=S) groups is 1.